The lowest BCUT2D eigenvalue weighted by atomic mass is 10.2. The van der Waals surface area contributed by atoms with Crippen molar-refractivity contribution in [3.8, 4) is 0 Å². The Balaban J connectivity index is 1.90. The molecular weight excluding hydrogens is 252 g/mol. The maximum absolute atomic E-state index is 12.6. The van der Waals surface area contributed by atoms with Crippen molar-refractivity contribution in [3.63, 3.8) is 0 Å². The summed E-state index contributed by atoms with van der Waals surface area (Å²) in [7, 11) is 1.86. The first-order valence-electron chi connectivity index (χ1n) is 6.79. The number of rotatable bonds is 4. The Labute approximate surface area is 118 Å². The van der Waals surface area contributed by atoms with Crippen molar-refractivity contribution in [2.75, 3.05) is 4.90 Å². The van der Waals surface area contributed by atoms with E-state index in [2.05, 4.69) is 4.98 Å². The molecule has 5 heteroatoms. The second-order valence-corrected chi connectivity index (χ2v) is 5.20. The van der Waals surface area contributed by atoms with Crippen LogP contribution < -0.4 is 10.6 Å². The molecule has 1 amide bonds. The van der Waals surface area contributed by atoms with Gasteiger partial charge in [0.1, 0.15) is 5.69 Å². The molecule has 1 aliphatic rings. The molecule has 20 heavy (non-hydrogen) atoms. The Morgan fingerprint density at radius 1 is 1.40 bits per heavy atom. The number of aromatic nitrogens is 2. The molecule has 0 bridgehead atoms. The minimum absolute atomic E-state index is 0.0337. The van der Waals surface area contributed by atoms with Gasteiger partial charge in [-0.2, -0.15) is 0 Å². The lowest BCUT2D eigenvalue weighted by molar-refractivity contribution is 0.0981. The van der Waals surface area contributed by atoms with Crippen LogP contribution >= 0.6 is 0 Å². The first kappa shape index (κ1) is 12.9. The summed E-state index contributed by atoms with van der Waals surface area (Å²) in [5.74, 6) is -0.0337. The average Bonchev–Trinajstić information content (AvgIpc) is 3.20. The van der Waals surface area contributed by atoms with Gasteiger partial charge in [0.15, 0.2) is 0 Å². The predicted molar refractivity (Wildman–Crippen MR) is 77.4 cm³/mol. The number of carbonyl (C=O) groups excluding carboxylic acids is 1. The summed E-state index contributed by atoms with van der Waals surface area (Å²) in [5, 5.41) is 0. The van der Waals surface area contributed by atoms with Gasteiger partial charge in [0.05, 0.1) is 6.33 Å². The Morgan fingerprint density at radius 2 is 2.10 bits per heavy atom. The number of carbonyl (C=O) groups is 1. The number of hydrogen-bond donors (Lipinski definition) is 1. The Morgan fingerprint density at radius 3 is 2.60 bits per heavy atom. The van der Waals surface area contributed by atoms with E-state index >= 15 is 0 Å². The molecule has 1 aliphatic carbocycles. The molecule has 1 aromatic heterocycles. The Bertz CT molecular complexity index is 613. The first-order valence-corrected chi connectivity index (χ1v) is 6.79. The van der Waals surface area contributed by atoms with E-state index in [1.54, 1.807) is 17.1 Å². The molecule has 0 spiro atoms. The zero-order valence-corrected chi connectivity index (χ0v) is 11.5. The normalized spacial score (nSPS) is 14.3. The number of amides is 1. The average molecular weight is 270 g/mol. The van der Waals surface area contributed by atoms with Crippen LogP contribution in [-0.2, 0) is 13.6 Å². The van der Waals surface area contributed by atoms with Crippen molar-refractivity contribution in [2.45, 2.75) is 25.4 Å². The molecule has 0 radical (unpaired) electrons. The highest BCUT2D eigenvalue weighted by atomic mass is 16.2. The standard InChI is InChI=1S/C15H18N4O/c1-18-9-14(17-10-18)15(20)19(13-6-7-13)12-4-2-11(8-16)3-5-12/h2-5,9-10,13H,6-8,16H2,1H3. The third kappa shape index (κ3) is 2.44. The highest BCUT2D eigenvalue weighted by Crippen LogP contribution is 2.33. The molecule has 1 saturated carbocycles. The minimum atomic E-state index is -0.0337. The second kappa shape index (κ2) is 5.09. The van der Waals surface area contributed by atoms with Gasteiger partial charge >= 0.3 is 0 Å². The van der Waals surface area contributed by atoms with E-state index in [1.165, 1.54) is 0 Å². The molecule has 3 rings (SSSR count). The number of imidazole rings is 1. The summed E-state index contributed by atoms with van der Waals surface area (Å²) in [6, 6.07) is 8.16. The Hall–Kier alpha value is -2.14. The van der Waals surface area contributed by atoms with Crippen LogP contribution in [0, 0.1) is 0 Å². The van der Waals surface area contributed by atoms with Crippen molar-refractivity contribution in [1.82, 2.24) is 9.55 Å². The zero-order chi connectivity index (χ0) is 14.1. The number of nitrogens with two attached hydrogens (primary N) is 1. The van der Waals surface area contributed by atoms with Crippen molar-refractivity contribution >= 4 is 11.6 Å². The van der Waals surface area contributed by atoms with Gasteiger partial charge in [0, 0.05) is 31.5 Å². The molecule has 1 fully saturated rings. The maximum Gasteiger partial charge on any atom is 0.278 e. The quantitative estimate of drug-likeness (QED) is 0.919. The smallest absolute Gasteiger partial charge is 0.278 e. The highest BCUT2D eigenvalue weighted by molar-refractivity contribution is 6.05. The summed E-state index contributed by atoms with van der Waals surface area (Å²) in [6.45, 7) is 0.512. The minimum Gasteiger partial charge on any atom is -0.340 e. The largest absolute Gasteiger partial charge is 0.340 e. The number of nitrogens with zero attached hydrogens (tertiary/aromatic N) is 3. The van der Waals surface area contributed by atoms with Crippen LogP contribution in [0.2, 0.25) is 0 Å². The van der Waals surface area contributed by atoms with Crippen LogP contribution in [-0.4, -0.2) is 21.5 Å². The number of hydrogen-bond acceptors (Lipinski definition) is 3. The third-order valence-electron chi connectivity index (χ3n) is 3.51. The van der Waals surface area contributed by atoms with Gasteiger partial charge < -0.3 is 15.2 Å². The summed E-state index contributed by atoms with van der Waals surface area (Å²) in [6.07, 6.45) is 5.51. The Kier molecular flexibility index (Phi) is 3.28. The van der Waals surface area contributed by atoms with Crippen LogP contribution in [0.3, 0.4) is 0 Å². The monoisotopic (exact) mass is 270 g/mol. The number of anilines is 1. The first-order chi connectivity index (χ1) is 9.69. The fraction of sp³-hybridized carbons (Fsp3) is 0.333. The molecule has 1 aromatic carbocycles. The molecule has 0 aliphatic heterocycles. The molecule has 0 unspecified atom stereocenters. The van der Waals surface area contributed by atoms with Crippen molar-refractivity contribution in [3.05, 3.63) is 48.0 Å². The van der Waals surface area contributed by atoms with Gasteiger partial charge in [-0.3, -0.25) is 4.79 Å². The molecular formula is C15H18N4O. The van der Waals surface area contributed by atoms with Crippen LogP contribution in [0.25, 0.3) is 0 Å². The molecule has 0 saturated heterocycles. The summed E-state index contributed by atoms with van der Waals surface area (Å²) in [4.78, 5) is 18.6. The molecule has 5 nitrogen and oxygen atoms in total. The van der Waals surface area contributed by atoms with Gasteiger partial charge in [-0.25, -0.2) is 4.98 Å². The molecule has 2 aromatic rings. The molecule has 0 atom stereocenters. The summed E-state index contributed by atoms with van der Waals surface area (Å²) >= 11 is 0. The van der Waals surface area contributed by atoms with Crippen molar-refractivity contribution in [2.24, 2.45) is 12.8 Å². The van der Waals surface area contributed by atoms with Gasteiger partial charge in [0.25, 0.3) is 5.91 Å². The van der Waals surface area contributed by atoms with Crippen LogP contribution in [0.5, 0.6) is 0 Å². The van der Waals surface area contributed by atoms with E-state index in [0.29, 0.717) is 18.3 Å². The van der Waals surface area contributed by atoms with E-state index < -0.39 is 0 Å². The van der Waals surface area contributed by atoms with Gasteiger partial charge in [-0.05, 0) is 30.5 Å². The van der Waals surface area contributed by atoms with Crippen LogP contribution in [0.4, 0.5) is 5.69 Å². The summed E-state index contributed by atoms with van der Waals surface area (Å²) < 4.78 is 1.79. The molecule has 104 valence electrons. The van der Waals surface area contributed by atoms with Crippen LogP contribution in [0.1, 0.15) is 28.9 Å². The van der Waals surface area contributed by atoms with Gasteiger partial charge in [-0.1, -0.05) is 12.1 Å². The van der Waals surface area contributed by atoms with E-state index in [0.717, 1.165) is 24.1 Å². The number of aryl methyl sites for hydroxylation is 1. The SMILES string of the molecule is Cn1cnc(C(=O)N(c2ccc(CN)cc2)C2CC2)c1. The molecule has 1 heterocycles. The zero-order valence-electron chi connectivity index (χ0n) is 11.5. The van der Waals surface area contributed by atoms with E-state index in [-0.39, 0.29) is 5.91 Å². The fourth-order valence-corrected chi connectivity index (χ4v) is 2.27. The fourth-order valence-electron chi connectivity index (χ4n) is 2.27. The van der Waals surface area contributed by atoms with Crippen LogP contribution in [0.15, 0.2) is 36.8 Å². The second-order valence-electron chi connectivity index (χ2n) is 5.20. The lowest BCUT2D eigenvalue weighted by Gasteiger charge is -2.21. The van der Waals surface area contributed by atoms with E-state index in [9.17, 15) is 4.79 Å². The van der Waals surface area contributed by atoms with E-state index in [4.69, 9.17) is 5.73 Å². The predicted octanol–water partition coefficient (Wildman–Crippen LogP) is 1.69. The topological polar surface area (TPSA) is 64.2 Å². The maximum atomic E-state index is 12.6. The number of benzene rings is 1. The van der Waals surface area contributed by atoms with Gasteiger partial charge in [0.2, 0.25) is 0 Å². The summed E-state index contributed by atoms with van der Waals surface area (Å²) in [5.41, 5.74) is 8.08. The molecule has 2 N–H and O–H groups in total. The van der Waals surface area contributed by atoms with Crippen molar-refractivity contribution < 1.29 is 4.79 Å². The van der Waals surface area contributed by atoms with Crippen molar-refractivity contribution in [1.29, 1.82) is 0 Å². The van der Waals surface area contributed by atoms with Gasteiger partial charge in [-0.15, -0.1) is 0 Å². The van der Waals surface area contributed by atoms with E-state index in [1.807, 2.05) is 36.2 Å². The lowest BCUT2D eigenvalue weighted by Crippen LogP contribution is -2.33. The highest BCUT2D eigenvalue weighted by Gasteiger charge is 2.35. The third-order valence-corrected chi connectivity index (χ3v) is 3.51.